The lowest BCUT2D eigenvalue weighted by molar-refractivity contribution is 0.161. The minimum atomic E-state index is 0.228. The average Bonchev–Trinajstić information content (AvgIpc) is 2.77. The molecular formula is C13H20N2O3. The number of methoxy groups -OCH3 is 1. The van der Waals surface area contributed by atoms with Crippen LogP contribution in [-0.4, -0.2) is 43.5 Å². The highest BCUT2D eigenvalue weighted by molar-refractivity contribution is 5.43. The molecule has 0 spiro atoms. The van der Waals surface area contributed by atoms with E-state index < -0.39 is 0 Å². The minimum absolute atomic E-state index is 0.228. The third-order valence-electron chi connectivity index (χ3n) is 3.15. The Morgan fingerprint density at radius 1 is 1.44 bits per heavy atom. The largest absolute Gasteiger partial charge is 0.493 e. The van der Waals surface area contributed by atoms with E-state index in [1.165, 1.54) is 0 Å². The molecule has 18 heavy (non-hydrogen) atoms. The minimum Gasteiger partial charge on any atom is -0.493 e. The van der Waals surface area contributed by atoms with Crippen LogP contribution in [-0.2, 0) is 6.54 Å². The summed E-state index contributed by atoms with van der Waals surface area (Å²) >= 11 is 0. The zero-order valence-corrected chi connectivity index (χ0v) is 10.8. The van der Waals surface area contributed by atoms with Crippen LogP contribution in [0.1, 0.15) is 12.0 Å². The highest BCUT2D eigenvalue weighted by Gasteiger charge is 2.22. The highest BCUT2D eigenvalue weighted by atomic mass is 16.5. The molecule has 1 heterocycles. The van der Waals surface area contributed by atoms with E-state index >= 15 is 0 Å². The molecule has 1 aliphatic rings. The molecule has 0 aliphatic carbocycles. The summed E-state index contributed by atoms with van der Waals surface area (Å²) in [5, 5.41) is 8.68. The molecule has 1 aromatic rings. The molecule has 1 unspecified atom stereocenters. The normalized spacial score (nSPS) is 20.1. The molecule has 100 valence electrons. The van der Waals surface area contributed by atoms with Crippen molar-refractivity contribution < 1.29 is 14.7 Å². The van der Waals surface area contributed by atoms with Crippen LogP contribution in [0.15, 0.2) is 18.2 Å². The van der Waals surface area contributed by atoms with Gasteiger partial charge < -0.3 is 19.6 Å². The predicted octanol–water partition coefficient (Wildman–Crippen LogP) is 1.26. The van der Waals surface area contributed by atoms with E-state index in [1.54, 1.807) is 7.11 Å². The van der Waals surface area contributed by atoms with Crippen molar-refractivity contribution in [1.82, 2.24) is 10.4 Å². The fourth-order valence-corrected chi connectivity index (χ4v) is 2.18. The first-order valence-corrected chi connectivity index (χ1v) is 6.12. The molecule has 1 atom stereocenters. The van der Waals surface area contributed by atoms with E-state index in [0.29, 0.717) is 12.3 Å². The number of likely N-dealkylation sites (N-methyl/N-ethyl adjacent to an activating group) is 1. The van der Waals surface area contributed by atoms with Crippen molar-refractivity contribution in [2.45, 2.75) is 19.1 Å². The van der Waals surface area contributed by atoms with Gasteiger partial charge in [0, 0.05) is 19.6 Å². The number of rotatable bonds is 5. The summed E-state index contributed by atoms with van der Waals surface area (Å²) in [6.07, 6.45) is 1.27. The Hall–Kier alpha value is -1.30. The number of benzene rings is 1. The molecular weight excluding hydrogens is 232 g/mol. The summed E-state index contributed by atoms with van der Waals surface area (Å²) in [6.45, 7) is 2.41. The molecule has 0 aromatic heterocycles. The third-order valence-corrected chi connectivity index (χ3v) is 3.15. The summed E-state index contributed by atoms with van der Waals surface area (Å²) in [6, 6.07) is 5.68. The van der Waals surface area contributed by atoms with Crippen molar-refractivity contribution in [3.63, 3.8) is 0 Å². The van der Waals surface area contributed by atoms with Crippen molar-refractivity contribution in [2.24, 2.45) is 0 Å². The van der Waals surface area contributed by atoms with E-state index in [-0.39, 0.29) is 6.10 Å². The fourth-order valence-electron chi connectivity index (χ4n) is 2.18. The van der Waals surface area contributed by atoms with Crippen LogP contribution in [0, 0.1) is 0 Å². The maximum absolute atomic E-state index is 8.68. The van der Waals surface area contributed by atoms with Gasteiger partial charge in [-0.3, -0.25) is 0 Å². The molecule has 1 fully saturated rings. The van der Waals surface area contributed by atoms with Gasteiger partial charge in [0.15, 0.2) is 11.5 Å². The van der Waals surface area contributed by atoms with Gasteiger partial charge in [-0.15, -0.1) is 0 Å². The van der Waals surface area contributed by atoms with Gasteiger partial charge in [-0.05, 0) is 31.2 Å². The smallest absolute Gasteiger partial charge is 0.161 e. The number of hydrogen-bond acceptors (Lipinski definition) is 5. The number of hydrogen-bond donors (Lipinski definition) is 2. The molecule has 0 bridgehead atoms. The zero-order valence-electron chi connectivity index (χ0n) is 10.8. The molecule has 0 amide bonds. The number of nitrogens with one attached hydrogen (secondary N) is 1. The summed E-state index contributed by atoms with van der Waals surface area (Å²) in [5.41, 5.74) is 3.08. The lowest BCUT2D eigenvalue weighted by atomic mass is 10.2. The van der Waals surface area contributed by atoms with E-state index in [9.17, 15) is 0 Å². The van der Waals surface area contributed by atoms with Crippen molar-refractivity contribution in [3.8, 4) is 11.5 Å². The van der Waals surface area contributed by atoms with Gasteiger partial charge in [0.1, 0.15) is 6.10 Å². The third kappa shape index (κ3) is 3.13. The quantitative estimate of drug-likeness (QED) is 0.773. The predicted molar refractivity (Wildman–Crippen MR) is 68.2 cm³/mol. The van der Waals surface area contributed by atoms with Crippen LogP contribution < -0.4 is 15.0 Å². The molecule has 1 saturated heterocycles. The number of nitrogens with zero attached hydrogens (tertiary/aromatic N) is 1. The van der Waals surface area contributed by atoms with Crippen molar-refractivity contribution in [2.75, 3.05) is 27.2 Å². The summed E-state index contributed by atoms with van der Waals surface area (Å²) < 4.78 is 11.3. The molecule has 0 saturated carbocycles. The van der Waals surface area contributed by atoms with Crippen molar-refractivity contribution >= 4 is 0 Å². The summed E-state index contributed by atoms with van der Waals surface area (Å²) in [5.74, 6) is 1.47. The monoisotopic (exact) mass is 252 g/mol. The molecule has 5 nitrogen and oxygen atoms in total. The molecule has 5 heteroatoms. The molecule has 2 rings (SSSR count). The first kappa shape index (κ1) is 13.1. The van der Waals surface area contributed by atoms with Gasteiger partial charge in [-0.1, -0.05) is 6.07 Å². The Labute approximate surface area is 107 Å². The Bertz CT molecular complexity index is 398. The number of hydroxylamine groups is 1. The Morgan fingerprint density at radius 2 is 2.28 bits per heavy atom. The summed E-state index contributed by atoms with van der Waals surface area (Å²) in [4.78, 5) is 2.25. The van der Waals surface area contributed by atoms with Crippen LogP contribution in [0.25, 0.3) is 0 Å². The molecule has 1 aromatic carbocycles. The van der Waals surface area contributed by atoms with E-state index in [2.05, 4.69) is 17.4 Å². The fraction of sp³-hybridized carbons (Fsp3) is 0.538. The maximum Gasteiger partial charge on any atom is 0.161 e. The lowest BCUT2D eigenvalue weighted by Crippen LogP contribution is -2.21. The molecule has 0 radical (unpaired) electrons. The van der Waals surface area contributed by atoms with Gasteiger partial charge in [0.2, 0.25) is 0 Å². The topological polar surface area (TPSA) is 54.0 Å². The summed E-state index contributed by atoms with van der Waals surface area (Å²) in [7, 11) is 3.72. The van der Waals surface area contributed by atoms with Crippen LogP contribution in [0.4, 0.5) is 0 Å². The lowest BCUT2D eigenvalue weighted by Gasteiger charge is -2.17. The van der Waals surface area contributed by atoms with Crippen LogP contribution in [0.5, 0.6) is 11.5 Å². The Morgan fingerprint density at radius 3 is 2.89 bits per heavy atom. The number of likely N-dealkylation sites (tertiary alicyclic amines) is 1. The van der Waals surface area contributed by atoms with Crippen molar-refractivity contribution in [1.29, 1.82) is 0 Å². The maximum atomic E-state index is 8.68. The van der Waals surface area contributed by atoms with Crippen LogP contribution in [0.3, 0.4) is 0 Å². The van der Waals surface area contributed by atoms with Crippen molar-refractivity contribution in [3.05, 3.63) is 23.8 Å². The Balaban J connectivity index is 2.07. The molecule has 2 N–H and O–H groups in total. The standard InChI is InChI=1S/C13H20N2O3/c1-15-6-5-11(9-15)18-12-4-3-10(8-14-16)7-13(12)17-2/h3-4,7,11,14,16H,5-6,8-9H2,1-2H3. The zero-order chi connectivity index (χ0) is 13.0. The SMILES string of the molecule is COc1cc(CNO)ccc1OC1CCN(C)C1. The van der Waals surface area contributed by atoms with Gasteiger partial charge in [-0.25, -0.2) is 5.48 Å². The first-order chi connectivity index (χ1) is 8.72. The number of ether oxygens (including phenoxy) is 2. The first-order valence-electron chi connectivity index (χ1n) is 6.12. The van der Waals surface area contributed by atoms with Gasteiger partial charge >= 0.3 is 0 Å². The van der Waals surface area contributed by atoms with E-state index in [0.717, 1.165) is 30.8 Å². The van der Waals surface area contributed by atoms with E-state index in [4.69, 9.17) is 14.7 Å². The second-order valence-electron chi connectivity index (χ2n) is 4.61. The second-order valence-corrected chi connectivity index (χ2v) is 4.61. The van der Waals surface area contributed by atoms with Gasteiger partial charge in [0.05, 0.1) is 7.11 Å². The van der Waals surface area contributed by atoms with Crippen LogP contribution >= 0.6 is 0 Å². The highest BCUT2D eigenvalue weighted by Crippen LogP contribution is 2.30. The van der Waals surface area contributed by atoms with Gasteiger partial charge in [-0.2, -0.15) is 0 Å². The van der Waals surface area contributed by atoms with Gasteiger partial charge in [0.25, 0.3) is 0 Å². The second kappa shape index (κ2) is 6.04. The van der Waals surface area contributed by atoms with E-state index in [1.807, 2.05) is 18.2 Å². The molecule has 1 aliphatic heterocycles. The Kier molecular flexibility index (Phi) is 4.41. The van der Waals surface area contributed by atoms with Crippen LogP contribution in [0.2, 0.25) is 0 Å². The average molecular weight is 252 g/mol.